The largest absolute Gasteiger partial charge is 0.494 e. The number of rotatable bonds is 5. The molecule has 0 fully saturated rings. The second kappa shape index (κ2) is 5.91. The number of furan rings is 1. The van der Waals surface area contributed by atoms with Gasteiger partial charge in [0.1, 0.15) is 17.6 Å². The number of nitrogens with two attached hydrogens (primary N) is 1. The number of ether oxygens (including phenoxy) is 1. The molecule has 0 spiro atoms. The summed E-state index contributed by atoms with van der Waals surface area (Å²) in [5.74, 6) is 7.04. The molecule has 0 bridgehead atoms. The molecule has 0 amide bonds. The molecule has 96 valence electrons. The number of halogens is 1. The summed E-state index contributed by atoms with van der Waals surface area (Å²) in [7, 11) is 0. The summed E-state index contributed by atoms with van der Waals surface area (Å²) in [5, 5.41) is 0.339. The van der Waals surface area contributed by atoms with Gasteiger partial charge in [0, 0.05) is 0 Å². The smallest absolute Gasteiger partial charge is 0.193 e. The lowest BCUT2D eigenvalue weighted by Crippen LogP contribution is -2.28. The molecule has 1 aromatic carbocycles. The lowest BCUT2D eigenvalue weighted by atomic mass is 10.1. The molecule has 4 nitrogen and oxygen atoms in total. The Morgan fingerprint density at radius 2 is 2.22 bits per heavy atom. The van der Waals surface area contributed by atoms with E-state index in [-0.39, 0.29) is 6.04 Å². The van der Waals surface area contributed by atoms with Crippen LogP contribution in [0.2, 0.25) is 5.22 Å². The SMILES string of the molecule is CCOc1cccc(C(NN)c2ccc(Cl)o2)c1. The van der Waals surface area contributed by atoms with Gasteiger partial charge in [-0.3, -0.25) is 5.84 Å². The number of hydrogen-bond donors (Lipinski definition) is 2. The van der Waals surface area contributed by atoms with Gasteiger partial charge in [0.05, 0.1) is 6.61 Å². The minimum Gasteiger partial charge on any atom is -0.494 e. The van der Waals surface area contributed by atoms with Gasteiger partial charge in [0.2, 0.25) is 0 Å². The third kappa shape index (κ3) is 2.85. The summed E-state index contributed by atoms with van der Waals surface area (Å²) in [6.07, 6.45) is 0. The Hall–Kier alpha value is -1.49. The van der Waals surface area contributed by atoms with Crippen LogP contribution < -0.4 is 16.0 Å². The molecule has 2 aromatic rings. The molecule has 1 aromatic heterocycles. The first-order valence-electron chi connectivity index (χ1n) is 5.68. The Balaban J connectivity index is 2.29. The molecule has 18 heavy (non-hydrogen) atoms. The summed E-state index contributed by atoms with van der Waals surface area (Å²) in [6, 6.07) is 10.9. The predicted octanol–water partition coefficient (Wildman–Crippen LogP) is 2.88. The van der Waals surface area contributed by atoms with Gasteiger partial charge in [0.15, 0.2) is 5.22 Å². The second-order valence-corrected chi connectivity index (χ2v) is 4.12. The zero-order valence-electron chi connectivity index (χ0n) is 10.0. The van der Waals surface area contributed by atoms with Gasteiger partial charge in [-0.2, -0.15) is 0 Å². The van der Waals surface area contributed by atoms with Gasteiger partial charge >= 0.3 is 0 Å². The lowest BCUT2D eigenvalue weighted by molar-refractivity contribution is 0.339. The normalized spacial score (nSPS) is 12.4. The van der Waals surface area contributed by atoms with Crippen molar-refractivity contribution in [2.24, 2.45) is 5.84 Å². The molecule has 2 rings (SSSR count). The maximum absolute atomic E-state index is 5.77. The van der Waals surface area contributed by atoms with Crippen LogP contribution in [0.15, 0.2) is 40.8 Å². The van der Waals surface area contributed by atoms with Crippen LogP contribution in [0, 0.1) is 0 Å². The van der Waals surface area contributed by atoms with Crippen LogP contribution in [0.25, 0.3) is 0 Å². The van der Waals surface area contributed by atoms with Crippen molar-refractivity contribution in [2.75, 3.05) is 6.61 Å². The average molecular weight is 267 g/mol. The fourth-order valence-corrected chi connectivity index (χ4v) is 1.93. The van der Waals surface area contributed by atoms with Crippen LogP contribution in [0.4, 0.5) is 0 Å². The molecule has 5 heteroatoms. The highest BCUT2D eigenvalue weighted by molar-refractivity contribution is 6.28. The number of hydrazine groups is 1. The van der Waals surface area contributed by atoms with E-state index in [2.05, 4.69) is 5.43 Å². The first-order valence-corrected chi connectivity index (χ1v) is 6.06. The summed E-state index contributed by atoms with van der Waals surface area (Å²) in [4.78, 5) is 0. The molecule has 0 aliphatic carbocycles. The summed E-state index contributed by atoms with van der Waals surface area (Å²) in [5.41, 5.74) is 3.66. The van der Waals surface area contributed by atoms with Crippen molar-refractivity contribution < 1.29 is 9.15 Å². The van der Waals surface area contributed by atoms with Gasteiger partial charge < -0.3 is 9.15 Å². The van der Waals surface area contributed by atoms with Crippen LogP contribution in [0.3, 0.4) is 0 Å². The summed E-state index contributed by atoms with van der Waals surface area (Å²) >= 11 is 5.77. The van der Waals surface area contributed by atoms with E-state index < -0.39 is 0 Å². The van der Waals surface area contributed by atoms with Gasteiger partial charge in [-0.25, -0.2) is 5.43 Å². The molecule has 0 saturated carbocycles. The van der Waals surface area contributed by atoms with E-state index in [1.807, 2.05) is 31.2 Å². The Labute approximate surface area is 111 Å². The van der Waals surface area contributed by atoms with Crippen molar-refractivity contribution in [1.29, 1.82) is 0 Å². The van der Waals surface area contributed by atoms with E-state index in [9.17, 15) is 0 Å². The van der Waals surface area contributed by atoms with Crippen LogP contribution >= 0.6 is 11.6 Å². The summed E-state index contributed by atoms with van der Waals surface area (Å²) < 4.78 is 10.8. The fourth-order valence-electron chi connectivity index (χ4n) is 1.78. The zero-order valence-corrected chi connectivity index (χ0v) is 10.8. The maximum Gasteiger partial charge on any atom is 0.193 e. The van der Waals surface area contributed by atoms with Crippen molar-refractivity contribution in [2.45, 2.75) is 13.0 Å². The van der Waals surface area contributed by atoms with Crippen molar-refractivity contribution >= 4 is 11.6 Å². The molecular weight excluding hydrogens is 252 g/mol. The predicted molar refractivity (Wildman–Crippen MR) is 70.5 cm³/mol. The highest BCUT2D eigenvalue weighted by atomic mass is 35.5. The average Bonchev–Trinajstić information content (AvgIpc) is 2.78. The molecule has 1 heterocycles. The van der Waals surface area contributed by atoms with E-state index in [0.29, 0.717) is 17.6 Å². The number of nitrogens with one attached hydrogen (secondary N) is 1. The van der Waals surface area contributed by atoms with Crippen molar-refractivity contribution in [1.82, 2.24) is 5.43 Å². The first-order chi connectivity index (χ1) is 8.74. The molecule has 0 aliphatic rings. The van der Waals surface area contributed by atoms with Crippen LogP contribution in [-0.4, -0.2) is 6.61 Å². The van der Waals surface area contributed by atoms with Gasteiger partial charge in [-0.15, -0.1) is 0 Å². The highest BCUT2D eigenvalue weighted by Crippen LogP contribution is 2.27. The molecule has 3 N–H and O–H groups in total. The number of benzene rings is 1. The maximum atomic E-state index is 5.77. The molecule has 0 aliphatic heterocycles. The molecule has 1 unspecified atom stereocenters. The first kappa shape index (κ1) is 13.0. The van der Waals surface area contributed by atoms with Crippen molar-refractivity contribution in [3.8, 4) is 5.75 Å². The molecule has 1 atom stereocenters. The van der Waals surface area contributed by atoms with E-state index in [1.165, 1.54) is 0 Å². The fraction of sp³-hybridized carbons (Fsp3) is 0.231. The van der Waals surface area contributed by atoms with Crippen LogP contribution in [0.1, 0.15) is 24.3 Å². The lowest BCUT2D eigenvalue weighted by Gasteiger charge is -2.14. The van der Waals surface area contributed by atoms with Gasteiger partial charge in [-0.1, -0.05) is 12.1 Å². The summed E-state index contributed by atoms with van der Waals surface area (Å²) in [6.45, 7) is 2.56. The molecule has 0 saturated heterocycles. The quantitative estimate of drug-likeness (QED) is 0.645. The molecule has 0 radical (unpaired) electrons. The highest BCUT2D eigenvalue weighted by Gasteiger charge is 2.16. The van der Waals surface area contributed by atoms with Gasteiger partial charge in [-0.05, 0) is 48.4 Å². The van der Waals surface area contributed by atoms with E-state index >= 15 is 0 Å². The Morgan fingerprint density at radius 1 is 1.39 bits per heavy atom. The minimum atomic E-state index is -0.252. The van der Waals surface area contributed by atoms with Crippen molar-refractivity contribution in [3.63, 3.8) is 0 Å². The third-order valence-corrected chi connectivity index (χ3v) is 2.75. The Kier molecular flexibility index (Phi) is 4.25. The van der Waals surface area contributed by atoms with Gasteiger partial charge in [0.25, 0.3) is 0 Å². The molecular formula is C13H15ClN2O2. The number of hydrogen-bond acceptors (Lipinski definition) is 4. The zero-order chi connectivity index (χ0) is 13.0. The van der Waals surface area contributed by atoms with E-state index in [1.54, 1.807) is 12.1 Å². The van der Waals surface area contributed by atoms with Crippen LogP contribution in [0.5, 0.6) is 5.75 Å². The van der Waals surface area contributed by atoms with E-state index in [0.717, 1.165) is 11.3 Å². The minimum absolute atomic E-state index is 0.252. The van der Waals surface area contributed by atoms with E-state index in [4.69, 9.17) is 26.6 Å². The Morgan fingerprint density at radius 3 is 2.83 bits per heavy atom. The Bertz CT molecular complexity index is 513. The van der Waals surface area contributed by atoms with Crippen LogP contribution in [-0.2, 0) is 0 Å². The second-order valence-electron chi connectivity index (χ2n) is 3.75. The third-order valence-electron chi connectivity index (χ3n) is 2.55. The van der Waals surface area contributed by atoms with Crippen molar-refractivity contribution in [3.05, 3.63) is 52.9 Å². The topological polar surface area (TPSA) is 60.4 Å². The monoisotopic (exact) mass is 266 g/mol. The standard InChI is InChI=1S/C13H15ClN2O2/c1-2-17-10-5-3-4-9(8-10)13(16-15)11-6-7-12(14)18-11/h3-8,13,16H,2,15H2,1H3.